The normalized spacial score (nSPS) is 21.5. The van der Waals surface area contributed by atoms with E-state index >= 15 is 0 Å². The summed E-state index contributed by atoms with van der Waals surface area (Å²) in [6.45, 7) is 5.11. The van der Waals surface area contributed by atoms with Crippen LogP contribution in [0.4, 0.5) is 0 Å². The Morgan fingerprint density at radius 2 is 2.05 bits per heavy atom. The third-order valence-electron chi connectivity index (χ3n) is 3.05. The molecule has 1 heterocycles. The van der Waals surface area contributed by atoms with Gasteiger partial charge in [0.05, 0.1) is 6.61 Å². The summed E-state index contributed by atoms with van der Waals surface area (Å²) < 4.78 is 16.8. The van der Waals surface area contributed by atoms with Crippen LogP contribution < -0.4 is 4.74 Å². The van der Waals surface area contributed by atoms with Crippen LogP contribution in [0.15, 0.2) is 24.3 Å². The quantitative estimate of drug-likeness (QED) is 0.857. The first-order chi connectivity index (χ1) is 9.09. The first-order valence-electron chi connectivity index (χ1n) is 6.73. The molecule has 4 heteroatoms. The average Bonchev–Trinajstić information content (AvgIpc) is 2.75. The van der Waals surface area contributed by atoms with E-state index in [1.165, 1.54) is 5.56 Å². The summed E-state index contributed by atoms with van der Waals surface area (Å²) in [5.74, 6) is 0.336. The van der Waals surface area contributed by atoms with Crippen molar-refractivity contribution in [1.82, 2.24) is 0 Å². The minimum absolute atomic E-state index is 0.0101. The van der Waals surface area contributed by atoms with Gasteiger partial charge >= 0.3 is 0 Å². The first-order valence-corrected chi connectivity index (χ1v) is 6.73. The highest BCUT2D eigenvalue weighted by atomic mass is 16.7. The van der Waals surface area contributed by atoms with E-state index in [-0.39, 0.29) is 12.7 Å². The van der Waals surface area contributed by atoms with Crippen LogP contribution in [-0.4, -0.2) is 36.8 Å². The van der Waals surface area contributed by atoms with Gasteiger partial charge in [-0.1, -0.05) is 12.1 Å². The molecule has 1 fully saturated rings. The van der Waals surface area contributed by atoms with Gasteiger partial charge in [-0.3, -0.25) is 0 Å². The molecule has 0 aliphatic carbocycles. The van der Waals surface area contributed by atoms with E-state index in [1.54, 1.807) is 0 Å². The first kappa shape index (κ1) is 14.3. The summed E-state index contributed by atoms with van der Waals surface area (Å²) >= 11 is 0. The topological polar surface area (TPSA) is 47.9 Å². The number of aryl methyl sites for hydroxylation is 1. The van der Waals surface area contributed by atoms with Crippen molar-refractivity contribution in [2.75, 3.05) is 19.8 Å². The van der Waals surface area contributed by atoms with Gasteiger partial charge in [0, 0.05) is 6.61 Å². The Labute approximate surface area is 114 Å². The number of hydrogen-bond donors (Lipinski definition) is 1. The maximum absolute atomic E-state index is 8.78. The fourth-order valence-electron chi connectivity index (χ4n) is 2.07. The summed E-state index contributed by atoms with van der Waals surface area (Å²) in [4.78, 5) is 0. The van der Waals surface area contributed by atoms with Crippen molar-refractivity contribution >= 4 is 0 Å². The molecule has 1 unspecified atom stereocenters. The monoisotopic (exact) mass is 266 g/mol. The number of aliphatic hydroxyl groups is 1. The number of benzene rings is 1. The fourth-order valence-corrected chi connectivity index (χ4v) is 2.07. The number of hydrogen-bond acceptors (Lipinski definition) is 4. The zero-order valence-corrected chi connectivity index (χ0v) is 11.6. The molecule has 0 aromatic heterocycles. The van der Waals surface area contributed by atoms with E-state index in [0.717, 1.165) is 18.6 Å². The third kappa shape index (κ3) is 4.49. The van der Waals surface area contributed by atoms with E-state index in [9.17, 15) is 0 Å². The van der Waals surface area contributed by atoms with E-state index < -0.39 is 5.79 Å². The lowest BCUT2D eigenvalue weighted by atomic mass is 10.1. The Morgan fingerprint density at radius 1 is 1.32 bits per heavy atom. The highest BCUT2D eigenvalue weighted by Gasteiger charge is 2.32. The van der Waals surface area contributed by atoms with Gasteiger partial charge in [-0.25, -0.2) is 0 Å². The molecule has 1 aromatic rings. The zero-order valence-electron chi connectivity index (χ0n) is 11.6. The number of ether oxygens (including phenoxy) is 3. The standard InChI is InChI=1S/C15H22O4/c1-15(2)18-11-14(19-15)10-17-13-7-5-12(6-8-13)4-3-9-16/h5-8,14,16H,3-4,9-11H2,1-2H3. The Kier molecular flexibility index (Phi) is 4.80. The molecule has 2 rings (SSSR count). The maximum atomic E-state index is 8.78. The van der Waals surface area contributed by atoms with Crippen molar-refractivity contribution in [3.05, 3.63) is 29.8 Å². The van der Waals surface area contributed by atoms with E-state index in [1.807, 2.05) is 38.1 Å². The van der Waals surface area contributed by atoms with Crippen molar-refractivity contribution in [3.63, 3.8) is 0 Å². The summed E-state index contributed by atoms with van der Waals surface area (Å²) in [6.07, 6.45) is 1.68. The van der Waals surface area contributed by atoms with Crippen LogP contribution in [-0.2, 0) is 15.9 Å². The highest BCUT2D eigenvalue weighted by Crippen LogP contribution is 2.23. The predicted molar refractivity (Wildman–Crippen MR) is 72.2 cm³/mol. The lowest BCUT2D eigenvalue weighted by molar-refractivity contribution is -0.141. The van der Waals surface area contributed by atoms with Crippen molar-refractivity contribution in [2.45, 2.75) is 38.6 Å². The van der Waals surface area contributed by atoms with Gasteiger partial charge < -0.3 is 19.3 Å². The smallest absolute Gasteiger partial charge is 0.163 e. The minimum Gasteiger partial charge on any atom is -0.491 e. The molecule has 0 bridgehead atoms. The van der Waals surface area contributed by atoms with Gasteiger partial charge in [-0.15, -0.1) is 0 Å². The van der Waals surface area contributed by atoms with Crippen LogP contribution in [0, 0.1) is 0 Å². The molecule has 0 spiro atoms. The van der Waals surface area contributed by atoms with Gasteiger partial charge in [0.15, 0.2) is 5.79 Å². The largest absolute Gasteiger partial charge is 0.491 e. The van der Waals surface area contributed by atoms with Gasteiger partial charge in [-0.2, -0.15) is 0 Å². The number of rotatable bonds is 6. The predicted octanol–water partition coefficient (Wildman–Crippen LogP) is 2.14. The van der Waals surface area contributed by atoms with Gasteiger partial charge in [-0.05, 0) is 44.4 Å². The summed E-state index contributed by atoms with van der Waals surface area (Å²) in [5, 5.41) is 8.78. The van der Waals surface area contributed by atoms with Crippen molar-refractivity contribution in [1.29, 1.82) is 0 Å². The Balaban J connectivity index is 1.77. The lowest BCUT2D eigenvalue weighted by Gasteiger charge is -2.17. The second-order valence-corrected chi connectivity index (χ2v) is 5.23. The van der Waals surface area contributed by atoms with Crippen molar-refractivity contribution in [3.8, 4) is 5.75 Å². The molecule has 19 heavy (non-hydrogen) atoms. The molecule has 1 aromatic carbocycles. The SMILES string of the molecule is CC1(C)OCC(COc2ccc(CCCO)cc2)O1. The Morgan fingerprint density at radius 3 is 2.63 bits per heavy atom. The van der Waals surface area contributed by atoms with Crippen LogP contribution in [0.25, 0.3) is 0 Å². The molecule has 0 saturated carbocycles. The second kappa shape index (κ2) is 6.37. The van der Waals surface area contributed by atoms with Gasteiger partial charge in [0.2, 0.25) is 0 Å². The summed E-state index contributed by atoms with van der Waals surface area (Å²) in [6, 6.07) is 7.96. The van der Waals surface area contributed by atoms with E-state index in [4.69, 9.17) is 19.3 Å². The molecule has 0 radical (unpaired) electrons. The highest BCUT2D eigenvalue weighted by molar-refractivity contribution is 5.27. The number of aliphatic hydroxyl groups excluding tert-OH is 1. The molecule has 0 amide bonds. The summed E-state index contributed by atoms with van der Waals surface area (Å²) in [5.41, 5.74) is 1.21. The van der Waals surface area contributed by atoms with Crippen molar-refractivity contribution < 1.29 is 19.3 Å². The fraction of sp³-hybridized carbons (Fsp3) is 0.600. The van der Waals surface area contributed by atoms with Crippen LogP contribution in [0.3, 0.4) is 0 Å². The Bertz CT molecular complexity index is 386. The maximum Gasteiger partial charge on any atom is 0.163 e. The molecular weight excluding hydrogens is 244 g/mol. The molecule has 1 aliphatic heterocycles. The lowest BCUT2D eigenvalue weighted by Crippen LogP contribution is -2.25. The van der Waals surface area contributed by atoms with E-state index in [0.29, 0.717) is 13.2 Å². The van der Waals surface area contributed by atoms with Crippen LogP contribution in [0.5, 0.6) is 5.75 Å². The average molecular weight is 266 g/mol. The van der Waals surface area contributed by atoms with Gasteiger partial charge in [0.25, 0.3) is 0 Å². The Hall–Kier alpha value is -1.10. The molecular formula is C15H22O4. The second-order valence-electron chi connectivity index (χ2n) is 5.23. The molecule has 4 nitrogen and oxygen atoms in total. The minimum atomic E-state index is -0.498. The molecule has 1 N–H and O–H groups in total. The van der Waals surface area contributed by atoms with Crippen LogP contribution >= 0.6 is 0 Å². The molecule has 1 saturated heterocycles. The molecule has 1 atom stereocenters. The van der Waals surface area contributed by atoms with E-state index in [2.05, 4.69) is 0 Å². The van der Waals surface area contributed by atoms with Crippen LogP contribution in [0.1, 0.15) is 25.8 Å². The van der Waals surface area contributed by atoms with Crippen LogP contribution in [0.2, 0.25) is 0 Å². The van der Waals surface area contributed by atoms with Gasteiger partial charge in [0.1, 0.15) is 18.5 Å². The molecule has 1 aliphatic rings. The zero-order chi connectivity index (χ0) is 13.7. The van der Waals surface area contributed by atoms with Crippen molar-refractivity contribution in [2.24, 2.45) is 0 Å². The third-order valence-corrected chi connectivity index (χ3v) is 3.05. The summed E-state index contributed by atoms with van der Waals surface area (Å²) in [7, 11) is 0. The molecule has 106 valence electrons.